The van der Waals surface area contributed by atoms with E-state index in [0.29, 0.717) is 12.8 Å². The van der Waals surface area contributed by atoms with Crippen molar-refractivity contribution >= 4 is 11.9 Å². The molecule has 5 nitrogen and oxygen atoms in total. The molecule has 0 spiro atoms. The van der Waals surface area contributed by atoms with Gasteiger partial charge in [0.1, 0.15) is 6.61 Å². The van der Waals surface area contributed by atoms with Crippen molar-refractivity contribution in [2.45, 2.75) is 213 Å². The van der Waals surface area contributed by atoms with Crippen LogP contribution in [-0.4, -0.2) is 36.4 Å². The number of carbonyl (C=O) groups excluding carboxylic acids is 2. The van der Waals surface area contributed by atoms with E-state index in [1.807, 2.05) is 0 Å². The Morgan fingerprint density at radius 2 is 0.841 bits per heavy atom. The number of aliphatic hydroxyl groups is 1. The Bertz CT molecular complexity index is 632. The summed E-state index contributed by atoms with van der Waals surface area (Å²) in [5, 5.41) is 9.53. The number of rotatable bonds is 35. The van der Waals surface area contributed by atoms with E-state index in [1.165, 1.54) is 135 Å². The van der Waals surface area contributed by atoms with Gasteiger partial charge in [0.2, 0.25) is 0 Å². The van der Waals surface area contributed by atoms with Gasteiger partial charge in [-0.25, -0.2) is 0 Å². The average molecular weight is 623 g/mol. The molecule has 0 saturated heterocycles. The molecule has 0 radical (unpaired) electrons. The third-order valence-corrected chi connectivity index (χ3v) is 8.56. The van der Waals surface area contributed by atoms with Crippen molar-refractivity contribution < 1.29 is 24.2 Å². The molecule has 0 amide bonds. The summed E-state index contributed by atoms with van der Waals surface area (Å²) >= 11 is 0. The SMILES string of the molecule is CCCCCC/C=C/CCCCCCCC(=O)OC[C@H](CO)OC(=O)CCCCCCCCCCCCCCCCCCC. The Balaban J connectivity index is 3.52. The molecular weight excluding hydrogens is 548 g/mol. The summed E-state index contributed by atoms with van der Waals surface area (Å²) in [6.45, 7) is 4.13. The zero-order valence-electron chi connectivity index (χ0n) is 29.4. The molecule has 0 aliphatic heterocycles. The quantitative estimate of drug-likeness (QED) is 0.0432. The van der Waals surface area contributed by atoms with Gasteiger partial charge in [-0.05, 0) is 38.5 Å². The molecule has 0 unspecified atom stereocenters. The van der Waals surface area contributed by atoms with Gasteiger partial charge >= 0.3 is 11.9 Å². The van der Waals surface area contributed by atoms with Crippen LogP contribution < -0.4 is 0 Å². The summed E-state index contributed by atoms with van der Waals surface area (Å²) in [5.74, 6) is -0.592. The van der Waals surface area contributed by atoms with Crippen LogP contribution in [0.15, 0.2) is 12.2 Å². The third kappa shape index (κ3) is 33.5. The van der Waals surface area contributed by atoms with Gasteiger partial charge in [0.25, 0.3) is 0 Å². The summed E-state index contributed by atoms with van der Waals surface area (Å²) in [4.78, 5) is 24.2. The van der Waals surface area contributed by atoms with E-state index in [9.17, 15) is 14.7 Å². The zero-order chi connectivity index (χ0) is 32.2. The van der Waals surface area contributed by atoms with Crippen molar-refractivity contribution in [3.8, 4) is 0 Å². The lowest BCUT2D eigenvalue weighted by molar-refractivity contribution is -0.161. The Morgan fingerprint density at radius 1 is 0.500 bits per heavy atom. The van der Waals surface area contributed by atoms with Gasteiger partial charge in [0, 0.05) is 12.8 Å². The zero-order valence-corrected chi connectivity index (χ0v) is 29.4. The van der Waals surface area contributed by atoms with Crippen molar-refractivity contribution in [2.24, 2.45) is 0 Å². The smallest absolute Gasteiger partial charge is 0.306 e. The highest BCUT2D eigenvalue weighted by Crippen LogP contribution is 2.15. The Morgan fingerprint density at radius 3 is 1.25 bits per heavy atom. The Hall–Kier alpha value is -1.36. The van der Waals surface area contributed by atoms with E-state index >= 15 is 0 Å². The minimum atomic E-state index is -0.767. The number of aliphatic hydroxyl groups excluding tert-OH is 1. The van der Waals surface area contributed by atoms with Gasteiger partial charge in [0.15, 0.2) is 6.10 Å². The number of allylic oxidation sites excluding steroid dienone is 2. The highest BCUT2D eigenvalue weighted by atomic mass is 16.6. The van der Waals surface area contributed by atoms with Gasteiger partial charge in [0.05, 0.1) is 6.61 Å². The van der Waals surface area contributed by atoms with Crippen LogP contribution in [0, 0.1) is 0 Å². The van der Waals surface area contributed by atoms with Crippen molar-refractivity contribution in [1.82, 2.24) is 0 Å². The maximum atomic E-state index is 12.1. The first-order valence-corrected chi connectivity index (χ1v) is 19.2. The van der Waals surface area contributed by atoms with Crippen LogP contribution in [-0.2, 0) is 19.1 Å². The number of unbranched alkanes of at least 4 members (excludes halogenated alkanes) is 25. The lowest BCUT2D eigenvalue weighted by Crippen LogP contribution is -2.28. The third-order valence-electron chi connectivity index (χ3n) is 8.56. The van der Waals surface area contributed by atoms with E-state index < -0.39 is 6.10 Å². The maximum absolute atomic E-state index is 12.1. The van der Waals surface area contributed by atoms with Crippen LogP contribution >= 0.6 is 0 Å². The molecule has 5 heteroatoms. The fourth-order valence-electron chi connectivity index (χ4n) is 5.61. The normalized spacial score (nSPS) is 12.2. The predicted octanol–water partition coefficient (Wildman–Crippen LogP) is 11.7. The van der Waals surface area contributed by atoms with E-state index in [2.05, 4.69) is 26.0 Å². The second-order valence-corrected chi connectivity index (χ2v) is 13.0. The Labute approximate surface area is 273 Å². The number of ether oxygens (including phenoxy) is 2. The molecule has 0 heterocycles. The van der Waals surface area contributed by atoms with E-state index in [4.69, 9.17) is 9.47 Å². The fourth-order valence-corrected chi connectivity index (χ4v) is 5.61. The summed E-state index contributed by atoms with van der Waals surface area (Å²) < 4.78 is 10.6. The minimum Gasteiger partial charge on any atom is -0.462 e. The first-order valence-electron chi connectivity index (χ1n) is 19.2. The summed E-state index contributed by atoms with van der Waals surface area (Å²) in [7, 11) is 0. The van der Waals surface area contributed by atoms with Crippen LogP contribution in [0.2, 0.25) is 0 Å². The molecule has 0 bridgehead atoms. The van der Waals surface area contributed by atoms with E-state index in [1.54, 1.807) is 0 Å². The molecule has 44 heavy (non-hydrogen) atoms. The molecule has 260 valence electrons. The topological polar surface area (TPSA) is 72.8 Å². The predicted molar refractivity (Wildman–Crippen MR) is 187 cm³/mol. The molecule has 0 aromatic rings. The number of esters is 2. The van der Waals surface area contributed by atoms with Gasteiger partial charge in [-0.2, -0.15) is 0 Å². The van der Waals surface area contributed by atoms with Crippen molar-refractivity contribution in [3.05, 3.63) is 12.2 Å². The molecule has 0 saturated carbocycles. The summed E-state index contributed by atoms with van der Waals surface area (Å²) in [6, 6.07) is 0. The van der Waals surface area contributed by atoms with Gasteiger partial charge in [-0.1, -0.05) is 167 Å². The van der Waals surface area contributed by atoms with Gasteiger partial charge < -0.3 is 14.6 Å². The first kappa shape index (κ1) is 42.6. The second-order valence-electron chi connectivity index (χ2n) is 13.0. The Kier molecular flexibility index (Phi) is 35.0. The fraction of sp³-hybridized carbons (Fsp3) is 0.897. The lowest BCUT2D eigenvalue weighted by atomic mass is 10.0. The molecular formula is C39H74O5. The van der Waals surface area contributed by atoms with Crippen molar-refractivity contribution in [1.29, 1.82) is 0 Å². The van der Waals surface area contributed by atoms with Gasteiger partial charge in [-0.3, -0.25) is 9.59 Å². The van der Waals surface area contributed by atoms with Crippen molar-refractivity contribution in [2.75, 3.05) is 13.2 Å². The second kappa shape index (κ2) is 36.1. The van der Waals surface area contributed by atoms with Crippen LogP contribution in [0.5, 0.6) is 0 Å². The highest BCUT2D eigenvalue weighted by molar-refractivity contribution is 5.70. The van der Waals surface area contributed by atoms with Crippen LogP contribution in [0.4, 0.5) is 0 Å². The van der Waals surface area contributed by atoms with Gasteiger partial charge in [-0.15, -0.1) is 0 Å². The molecule has 0 rings (SSSR count). The van der Waals surface area contributed by atoms with E-state index in [-0.39, 0.29) is 25.2 Å². The molecule has 0 aromatic carbocycles. The maximum Gasteiger partial charge on any atom is 0.306 e. The minimum absolute atomic E-state index is 0.0646. The largest absolute Gasteiger partial charge is 0.462 e. The van der Waals surface area contributed by atoms with Crippen molar-refractivity contribution in [3.63, 3.8) is 0 Å². The number of hydrogen-bond donors (Lipinski definition) is 1. The van der Waals surface area contributed by atoms with E-state index in [0.717, 1.165) is 44.9 Å². The van der Waals surface area contributed by atoms with Crippen LogP contribution in [0.25, 0.3) is 0 Å². The molecule has 1 atom stereocenters. The molecule has 0 aromatic heterocycles. The van der Waals surface area contributed by atoms with Crippen LogP contribution in [0.3, 0.4) is 0 Å². The average Bonchev–Trinajstić information content (AvgIpc) is 3.02. The van der Waals surface area contributed by atoms with Crippen LogP contribution in [0.1, 0.15) is 206 Å². The number of hydrogen-bond acceptors (Lipinski definition) is 5. The first-order chi connectivity index (χ1) is 21.6. The standard InChI is InChI=1S/C39H74O5/c1-3-5-7-9-11-13-15-17-18-19-20-22-24-26-28-30-32-34-39(42)44-37(35-40)36-43-38(41)33-31-29-27-25-23-21-16-14-12-10-8-6-4-2/h14,16,37,40H,3-13,15,17-36H2,1-2H3/b16-14+/t37-/m0/s1. The summed E-state index contributed by atoms with van der Waals surface area (Å²) in [5.41, 5.74) is 0. The molecule has 0 aliphatic carbocycles. The molecule has 1 N–H and O–H groups in total. The lowest BCUT2D eigenvalue weighted by Gasteiger charge is -2.15. The molecule has 0 fully saturated rings. The molecule has 0 aliphatic rings. The number of carbonyl (C=O) groups is 2. The highest BCUT2D eigenvalue weighted by Gasteiger charge is 2.16. The summed E-state index contributed by atoms with van der Waals surface area (Å²) in [6.07, 6.45) is 39.8. The monoisotopic (exact) mass is 623 g/mol.